The van der Waals surface area contributed by atoms with E-state index in [1.165, 1.54) is 29.7 Å². The Kier molecular flexibility index (Phi) is 6.36. The van der Waals surface area contributed by atoms with Crippen LogP contribution < -0.4 is 10.6 Å². The summed E-state index contributed by atoms with van der Waals surface area (Å²) in [5, 5.41) is 5.66. The van der Waals surface area contributed by atoms with Gasteiger partial charge in [0, 0.05) is 37.0 Å². The van der Waals surface area contributed by atoms with E-state index in [1.54, 1.807) is 25.3 Å². The Labute approximate surface area is 208 Å². The highest BCUT2D eigenvalue weighted by Gasteiger charge is 2.36. The topological polar surface area (TPSA) is 112 Å². The van der Waals surface area contributed by atoms with Crippen LogP contribution in [0.2, 0.25) is 0 Å². The summed E-state index contributed by atoms with van der Waals surface area (Å²) in [7, 11) is 0. The molecule has 0 bridgehead atoms. The maximum atomic E-state index is 14.7. The first-order valence-electron chi connectivity index (χ1n) is 11.5. The zero-order valence-electron chi connectivity index (χ0n) is 19.6. The highest BCUT2D eigenvalue weighted by Crippen LogP contribution is 2.34. The smallest absolute Gasteiger partial charge is 0.339 e. The number of likely N-dealkylation sites (tertiary alicyclic amines) is 1. The van der Waals surface area contributed by atoms with Gasteiger partial charge in [-0.3, -0.25) is 0 Å². The highest BCUT2D eigenvalue weighted by molar-refractivity contribution is 5.93. The number of aryl methyl sites for hydroxylation is 1. The number of nitrogens with one attached hydrogen (secondary N) is 3. The zero-order chi connectivity index (χ0) is 26.2. The summed E-state index contributed by atoms with van der Waals surface area (Å²) in [5.74, 6) is -0.916. The first-order chi connectivity index (χ1) is 17.7. The third kappa shape index (κ3) is 5.29. The van der Waals surface area contributed by atoms with Crippen LogP contribution in [0.25, 0.3) is 22.4 Å². The first kappa shape index (κ1) is 24.4. The maximum Gasteiger partial charge on any atom is 0.389 e. The minimum Gasteiger partial charge on any atom is -0.339 e. The molecule has 0 aliphatic carbocycles. The molecule has 9 nitrogen and oxygen atoms in total. The van der Waals surface area contributed by atoms with Crippen LogP contribution in [0.4, 0.5) is 39.5 Å². The molecule has 5 rings (SSSR count). The number of nitrogens with zero attached hydrogens (tertiary/aromatic N) is 5. The molecule has 192 valence electrons. The lowest BCUT2D eigenvalue weighted by molar-refractivity contribution is -0.143. The maximum absolute atomic E-state index is 14.7. The summed E-state index contributed by atoms with van der Waals surface area (Å²) in [6.45, 7) is 1.82. The molecule has 1 aliphatic heterocycles. The van der Waals surface area contributed by atoms with E-state index in [-0.39, 0.29) is 25.2 Å². The number of aromatic amines is 1. The van der Waals surface area contributed by atoms with Gasteiger partial charge in [-0.15, -0.1) is 0 Å². The molecule has 4 heterocycles. The predicted molar refractivity (Wildman–Crippen MR) is 129 cm³/mol. The van der Waals surface area contributed by atoms with Crippen LogP contribution in [0, 0.1) is 18.7 Å². The standard InChI is InChI=1S/C24H22F4N8O/c1-13-7-16(25)18(35-23(37)36-6-4-14(10-36)9-24(26,27)28)8-17(13)34-21-15(3-2-5-29-21)19-20-22(32-11-30-19)33-12-31-20/h2-3,5,7-8,11-12,14H,4,6,9-10H2,1H3,(H,29,34)(H,35,37)(H,30,31,32,33)/t14-/m0/s1. The van der Waals surface area contributed by atoms with Crippen molar-refractivity contribution in [3.8, 4) is 11.3 Å². The lowest BCUT2D eigenvalue weighted by atomic mass is 10.1. The Hall–Kier alpha value is -4.29. The molecule has 0 unspecified atom stereocenters. The van der Waals surface area contributed by atoms with Crippen molar-refractivity contribution in [3.05, 3.63) is 54.5 Å². The van der Waals surface area contributed by atoms with Gasteiger partial charge in [-0.2, -0.15) is 13.2 Å². The molecule has 3 aromatic heterocycles. The monoisotopic (exact) mass is 514 g/mol. The van der Waals surface area contributed by atoms with E-state index >= 15 is 0 Å². The number of hydrogen-bond donors (Lipinski definition) is 3. The molecule has 0 saturated carbocycles. The lowest BCUT2D eigenvalue weighted by Gasteiger charge is -2.19. The first-order valence-corrected chi connectivity index (χ1v) is 11.5. The van der Waals surface area contributed by atoms with Gasteiger partial charge in [0.1, 0.15) is 29.2 Å². The quantitative estimate of drug-likeness (QED) is 0.307. The number of halogens is 4. The number of alkyl halides is 3. The fourth-order valence-electron chi connectivity index (χ4n) is 4.39. The van der Waals surface area contributed by atoms with Crippen LogP contribution in [0.3, 0.4) is 0 Å². The van der Waals surface area contributed by atoms with Gasteiger partial charge >= 0.3 is 12.2 Å². The van der Waals surface area contributed by atoms with Crippen LogP contribution in [0.15, 0.2) is 43.1 Å². The number of imidazole rings is 1. The Bertz CT molecular complexity index is 1450. The van der Waals surface area contributed by atoms with Crippen molar-refractivity contribution in [2.75, 3.05) is 23.7 Å². The number of aromatic nitrogens is 5. The van der Waals surface area contributed by atoms with Crippen molar-refractivity contribution in [2.45, 2.75) is 25.9 Å². The van der Waals surface area contributed by atoms with Gasteiger partial charge in [-0.05, 0) is 49.1 Å². The summed E-state index contributed by atoms with van der Waals surface area (Å²) >= 11 is 0. The average molecular weight is 514 g/mol. The third-order valence-corrected chi connectivity index (χ3v) is 6.18. The number of H-pyrrole nitrogens is 1. The second-order valence-electron chi connectivity index (χ2n) is 8.84. The fourth-order valence-corrected chi connectivity index (χ4v) is 4.39. The van der Waals surface area contributed by atoms with Crippen molar-refractivity contribution >= 4 is 34.4 Å². The van der Waals surface area contributed by atoms with Crippen molar-refractivity contribution in [2.24, 2.45) is 5.92 Å². The van der Waals surface area contributed by atoms with E-state index in [0.717, 1.165) is 0 Å². The molecule has 1 aliphatic rings. The van der Waals surface area contributed by atoms with Crippen LogP contribution in [0.5, 0.6) is 0 Å². The number of fused-ring (bicyclic) bond motifs is 1. The molecular formula is C24H22F4N8O. The van der Waals surface area contributed by atoms with Crippen LogP contribution in [0.1, 0.15) is 18.4 Å². The van der Waals surface area contributed by atoms with Gasteiger partial charge < -0.3 is 20.5 Å². The average Bonchev–Trinajstić information content (AvgIpc) is 3.51. The Morgan fingerprint density at radius 1 is 1.19 bits per heavy atom. The van der Waals surface area contributed by atoms with E-state index < -0.39 is 30.4 Å². The number of carbonyl (C=O) groups is 1. The number of carbonyl (C=O) groups excluding carboxylic acids is 1. The van der Waals surface area contributed by atoms with Gasteiger partial charge in [0.2, 0.25) is 0 Å². The molecular weight excluding hydrogens is 492 g/mol. The summed E-state index contributed by atoms with van der Waals surface area (Å²) in [6, 6.07) is 5.57. The number of rotatable bonds is 5. The third-order valence-electron chi connectivity index (χ3n) is 6.18. The minimum absolute atomic E-state index is 0.0399. The van der Waals surface area contributed by atoms with Crippen molar-refractivity contribution in [1.82, 2.24) is 29.8 Å². The summed E-state index contributed by atoms with van der Waals surface area (Å²) < 4.78 is 52.8. The molecule has 4 aromatic rings. The van der Waals surface area contributed by atoms with Crippen LogP contribution in [-0.2, 0) is 0 Å². The molecule has 1 atom stereocenters. The molecule has 1 saturated heterocycles. The van der Waals surface area contributed by atoms with E-state index in [0.29, 0.717) is 39.5 Å². The fraction of sp³-hybridized carbons (Fsp3) is 0.292. The Morgan fingerprint density at radius 2 is 2.03 bits per heavy atom. The SMILES string of the molecule is Cc1cc(F)c(NC(=O)N2CC[C@@H](CC(F)(F)F)C2)cc1Nc1ncccc1-c1ncnc2[nH]cnc12. The van der Waals surface area contributed by atoms with E-state index in [2.05, 4.69) is 35.6 Å². The van der Waals surface area contributed by atoms with Crippen molar-refractivity contribution < 1.29 is 22.4 Å². The molecule has 13 heteroatoms. The van der Waals surface area contributed by atoms with E-state index in [1.807, 2.05) is 0 Å². The normalized spacial score (nSPS) is 15.8. The molecule has 0 radical (unpaired) electrons. The number of anilines is 3. The summed E-state index contributed by atoms with van der Waals surface area (Å²) in [6.07, 6.45) is -0.503. The number of amides is 2. The summed E-state index contributed by atoms with van der Waals surface area (Å²) in [5.41, 5.74) is 3.19. The van der Waals surface area contributed by atoms with Gasteiger partial charge in [-0.1, -0.05) is 0 Å². The minimum atomic E-state index is -4.29. The number of hydrogen-bond acceptors (Lipinski definition) is 6. The van der Waals surface area contributed by atoms with Gasteiger partial charge in [0.05, 0.1) is 12.0 Å². The molecule has 3 N–H and O–H groups in total. The zero-order valence-corrected chi connectivity index (χ0v) is 19.6. The van der Waals surface area contributed by atoms with Crippen LogP contribution in [-0.4, -0.2) is 55.1 Å². The number of pyridine rings is 1. The van der Waals surface area contributed by atoms with E-state index in [4.69, 9.17) is 0 Å². The molecule has 2 amide bonds. The Morgan fingerprint density at radius 3 is 2.84 bits per heavy atom. The summed E-state index contributed by atoms with van der Waals surface area (Å²) in [4.78, 5) is 34.1. The van der Waals surface area contributed by atoms with Gasteiger partial charge in [0.15, 0.2) is 5.65 Å². The number of benzene rings is 1. The number of urea groups is 1. The highest BCUT2D eigenvalue weighted by atomic mass is 19.4. The molecule has 1 fully saturated rings. The molecule has 1 aromatic carbocycles. The predicted octanol–water partition coefficient (Wildman–Crippen LogP) is 5.41. The van der Waals surface area contributed by atoms with Crippen molar-refractivity contribution in [3.63, 3.8) is 0 Å². The largest absolute Gasteiger partial charge is 0.389 e. The lowest BCUT2D eigenvalue weighted by Crippen LogP contribution is -2.33. The second kappa shape index (κ2) is 9.64. The van der Waals surface area contributed by atoms with E-state index in [9.17, 15) is 22.4 Å². The molecule has 0 spiro atoms. The molecule has 37 heavy (non-hydrogen) atoms. The van der Waals surface area contributed by atoms with Crippen molar-refractivity contribution in [1.29, 1.82) is 0 Å². The second-order valence-corrected chi connectivity index (χ2v) is 8.84. The van der Waals surface area contributed by atoms with Gasteiger partial charge in [-0.25, -0.2) is 29.1 Å². The Balaban J connectivity index is 1.37. The van der Waals surface area contributed by atoms with Gasteiger partial charge in [0.25, 0.3) is 0 Å². The van der Waals surface area contributed by atoms with Crippen LogP contribution >= 0.6 is 0 Å².